The van der Waals surface area contributed by atoms with Crippen LogP contribution in [-0.2, 0) is 6.42 Å². The monoisotopic (exact) mass is 354 g/mol. The quantitative estimate of drug-likeness (QED) is 0.454. The fourth-order valence-corrected chi connectivity index (χ4v) is 3.57. The third kappa shape index (κ3) is 3.13. The molecule has 0 saturated carbocycles. The molecule has 0 atom stereocenters. The molecule has 1 heterocycles. The first kappa shape index (κ1) is 17.1. The molecule has 0 aliphatic carbocycles. The van der Waals surface area contributed by atoms with E-state index in [9.17, 15) is 0 Å². The van der Waals surface area contributed by atoms with Gasteiger partial charge < -0.3 is 4.74 Å². The summed E-state index contributed by atoms with van der Waals surface area (Å²) in [7, 11) is 1.72. The minimum Gasteiger partial charge on any atom is -0.495 e. The van der Waals surface area contributed by atoms with Crippen molar-refractivity contribution < 1.29 is 4.74 Å². The van der Waals surface area contributed by atoms with E-state index >= 15 is 0 Å². The highest BCUT2D eigenvalue weighted by Crippen LogP contribution is 2.37. The van der Waals surface area contributed by atoms with E-state index in [2.05, 4.69) is 58.9 Å². The number of methoxy groups -OCH3 is 1. The van der Waals surface area contributed by atoms with Crippen LogP contribution in [0.25, 0.3) is 28.2 Å². The third-order valence-corrected chi connectivity index (χ3v) is 4.82. The van der Waals surface area contributed by atoms with Crippen molar-refractivity contribution in [1.29, 1.82) is 0 Å². The molecule has 3 nitrogen and oxygen atoms in total. The lowest BCUT2D eigenvalue weighted by molar-refractivity contribution is 0.412. The van der Waals surface area contributed by atoms with Crippen molar-refractivity contribution in [2.75, 3.05) is 7.11 Å². The summed E-state index contributed by atoms with van der Waals surface area (Å²) in [6, 6.07) is 24.9. The Morgan fingerprint density at radius 2 is 1.52 bits per heavy atom. The predicted octanol–water partition coefficient (Wildman–Crippen LogP) is 5.78. The molecule has 134 valence electrons. The maximum absolute atomic E-state index is 5.74. The second-order valence-electron chi connectivity index (χ2n) is 6.35. The van der Waals surface area contributed by atoms with E-state index in [1.54, 1.807) is 7.11 Å². The molecule has 0 aliphatic rings. The summed E-state index contributed by atoms with van der Waals surface area (Å²) >= 11 is 0. The number of hydrogen-bond acceptors (Lipinski definition) is 2. The van der Waals surface area contributed by atoms with Crippen LogP contribution in [-0.4, -0.2) is 16.7 Å². The Kier molecular flexibility index (Phi) is 4.75. The lowest BCUT2D eigenvalue weighted by Crippen LogP contribution is -2.05. The van der Waals surface area contributed by atoms with Crippen LogP contribution in [0.5, 0.6) is 5.75 Å². The molecule has 0 unspecified atom stereocenters. The van der Waals surface area contributed by atoms with Gasteiger partial charge in [-0.15, -0.1) is 0 Å². The molecule has 1 aromatic heterocycles. The van der Waals surface area contributed by atoms with Gasteiger partial charge in [0.1, 0.15) is 11.6 Å². The summed E-state index contributed by atoms with van der Waals surface area (Å²) in [5.74, 6) is 1.76. The van der Waals surface area contributed by atoms with Gasteiger partial charge in [0.15, 0.2) is 0 Å². The largest absolute Gasteiger partial charge is 0.495 e. The van der Waals surface area contributed by atoms with Gasteiger partial charge in [-0.25, -0.2) is 4.98 Å². The van der Waals surface area contributed by atoms with Gasteiger partial charge in [-0.05, 0) is 29.2 Å². The maximum atomic E-state index is 5.74. The Hall–Kier alpha value is -3.33. The molecule has 27 heavy (non-hydrogen) atoms. The fraction of sp³-hybridized carbons (Fsp3) is 0.125. The Labute approximate surface area is 159 Å². The zero-order valence-electron chi connectivity index (χ0n) is 15.6. The first-order valence-corrected chi connectivity index (χ1v) is 9.18. The Bertz CT molecular complexity index is 1040. The van der Waals surface area contributed by atoms with Gasteiger partial charge in [0, 0.05) is 18.0 Å². The number of rotatable bonds is 5. The second kappa shape index (κ2) is 7.50. The number of hydrogen-bond donors (Lipinski definition) is 0. The molecule has 0 amide bonds. The van der Waals surface area contributed by atoms with E-state index in [1.807, 2.05) is 42.7 Å². The highest BCUT2D eigenvalue weighted by Gasteiger charge is 2.18. The van der Waals surface area contributed by atoms with Gasteiger partial charge >= 0.3 is 0 Å². The lowest BCUT2D eigenvalue weighted by atomic mass is 9.95. The van der Waals surface area contributed by atoms with Gasteiger partial charge in [0.05, 0.1) is 12.8 Å². The molecule has 0 bridgehead atoms. The van der Waals surface area contributed by atoms with Crippen molar-refractivity contribution >= 4 is 0 Å². The normalized spacial score (nSPS) is 10.7. The van der Waals surface area contributed by atoms with Gasteiger partial charge in [-0.3, -0.25) is 4.57 Å². The smallest absolute Gasteiger partial charge is 0.144 e. The predicted molar refractivity (Wildman–Crippen MR) is 110 cm³/mol. The molecule has 0 spiro atoms. The van der Waals surface area contributed by atoms with Crippen molar-refractivity contribution in [3.8, 4) is 34.0 Å². The molecular formula is C24H22N2O. The Morgan fingerprint density at radius 3 is 2.15 bits per heavy atom. The third-order valence-electron chi connectivity index (χ3n) is 4.82. The zero-order chi connectivity index (χ0) is 18.6. The van der Waals surface area contributed by atoms with Crippen LogP contribution in [0.4, 0.5) is 0 Å². The highest BCUT2D eigenvalue weighted by atomic mass is 16.5. The summed E-state index contributed by atoms with van der Waals surface area (Å²) in [5, 5.41) is 0. The van der Waals surface area contributed by atoms with Gasteiger partial charge in [-0.1, -0.05) is 73.7 Å². The minimum absolute atomic E-state index is 0.849. The van der Waals surface area contributed by atoms with Crippen LogP contribution in [0, 0.1) is 0 Å². The molecule has 0 radical (unpaired) electrons. The molecule has 0 aliphatic heterocycles. The standard InChI is InChI=1S/C24H22N2O/c1-3-20-21(18-10-6-4-7-11-18)14-15-22(27-2)23(20)26-17-16-25-24(26)19-12-8-5-9-13-19/h4-17H,3H2,1-2H3. The van der Waals surface area contributed by atoms with E-state index in [0.717, 1.165) is 29.2 Å². The summed E-state index contributed by atoms with van der Waals surface area (Å²) in [6.45, 7) is 2.18. The van der Waals surface area contributed by atoms with Crippen LogP contribution < -0.4 is 4.74 Å². The molecule has 0 saturated heterocycles. The molecule has 0 fully saturated rings. The van der Waals surface area contributed by atoms with Crippen molar-refractivity contribution in [3.63, 3.8) is 0 Å². The van der Waals surface area contributed by atoms with Crippen LogP contribution >= 0.6 is 0 Å². The number of ether oxygens (including phenoxy) is 1. The summed E-state index contributed by atoms with van der Waals surface area (Å²) in [4.78, 5) is 4.62. The Balaban J connectivity index is 1.97. The number of benzene rings is 3. The second-order valence-corrected chi connectivity index (χ2v) is 6.35. The Morgan fingerprint density at radius 1 is 0.852 bits per heavy atom. The maximum Gasteiger partial charge on any atom is 0.144 e. The first-order chi connectivity index (χ1) is 13.3. The van der Waals surface area contributed by atoms with Crippen molar-refractivity contribution in [3.05, 3.63) is 90.8 Å². The number of nitrogens with zero attached hydrogens (tertiary/aromatic N) is 2. The van der Waals surface area contributed by atoms with E-state index in [1.165, 1.54) is 16.7 Å². The van der Waals surface area contributed by atoms with Crippen molar-refractivity contribution in [1.82, 2.24) is 9.55 Å². The van der Waals surface area contributed by atoms with Crippen LogP contribution in [0.15, 0.2) is 85.2 Å². The molecular weight excluding hydrogens is 332 g/mol. The fourth-order valence-electron chi connectivity index (χ4n) is 3.57. The van der Waals surface area contributed by atoms with Gasteiger partial charge in [0.2, 0.25) is 0 Å². The zero-order valence-corrected chi connectivity index (χ0v) is 15.6. The van der Waals surface area contributed by atoms with Gasteiger partial charge in [0.25, 0.3) is 0 Å². The summed E-state index contributed by atoms with van der Waals surface area (Å²) in [5.41, 5.74) is 5.81. The topological polar surface area (TPSA) is 27.1 Å². The van der Waals surface area contributed by atoms with Crippen LogP contribution in [0.3, 0.4) is 0 Å². The molecule has 4 aromatic rings. The van der Waals surface area contributed by atoms with E-state index in [4.69, 9.17) is 4.74 Å². The van der Waals surface area contributed by atoms with Gasteiger partial charge in [-0.2, -0.15) is 0 Å². The van der Waals surface area contributed by atoms with Crippen molar-refractivity contribution in [2.45, 2.75) is 13.3 Å². The van der Waals surface area contributed by atoms with Crippen molar-refractivity contribution in [2.24, 2.45) is 0 Å². The van der Waals surface area contributed by atoms with E-state index in [0.29, 0.717) is 0 Å². The molecule has 3 heteroatoms. The first-order valence-electron chi connectivity index (χ1n) is 9.18. The number of aromatic nitrogens is 2. The highest BCUT2D eigenvalue weighted by molar-refractivity contribution is 5.75. The van der Waals surface area contributed by atoms with E-state index in [-0.39, 0.29) is 0 Å². The average Bonchev–Trinajstić information content (AvgIpc) is 3.23. The number of imidazole rings is 1. The van der Waals surface area contributed by atoms with Crippen LogP contribution in [0.1, 0.15) is 12.5 Å². The van der Waals surface area contributed by atoms with Crippen LogP contribution in [0.2, 0.25) is 0 Å². The lowest BCUT2D eigenvalue weighted by Gasteiger charge is -2.20. The van der Waals surface area contributed by atoms with E-state index < -0.39 is 0 Å². The average molecular weight is 354 g/mol. The molecule has 3 aromatic carbocycles. The SMILES string of the molecule is CCc1c(-c2ccccc2)ccc(OC)c1-n1ccnc1-c1ccccc1. The minimum atomic E-state index is 0.849. The molecule has 0 N–H and O–H groups in total. The summed E-state index contributed by atoms with van der Waals surface area (Å²) in [6.07, 6.45) is 4.74. The molecule has 4 rings (SSSR count). The summed E-state index contributed by atoms with van der Waals surface area (Å²) < 4.78 is 7.88.